The topological polar surface area (TPSA) is 54.7 Å². The van der Waals surface area contributed by atoms with Crippen molar-refractivity contribution in [2.45, 2.75) is 44.9 Å². The number of H-pyrrole nitrogens is 1. The minimum Gasteiger partial charge on any atom is -0.330 e. The molecule has 1 aromatic heterocycles. The minimum atomic E-state index is 0.664. The van der Waals surface area contributed by atoms with Crippen molar-refractivity contribution in [3.63, 3.8) is 0 Å². The number of aryl methyl sites for hydroxylation is 2. The van der Waals surface area contributed by atoms with Crippen molar-refractivity contribution in [1.82, 2.24) is 10.2 Å². The van der Waals surface area contributed by atoms with Crippen LogP contribution in [0.5, 0.6) is 0 Å². The summed E-state index contributed by atoms with van der Waals surface area (Å²) in [5.41, 5.74) is 9.77. The lowest BCUT2D eigenvalue weighted by Crippen LogP contribution is -2.14. The molecular weight excluding hydrogens is 174 g/mol. The van der Waals surface area contributed by atoms with Gasteiger partial charge in [-0.3, -0.25) is 5.10 Å². The fourth-order valence-electron chi connectivity index (χ4n) is 2.53. The molecule has 0 saturated carbocycles. The summed E-state index contributed by atoms with van der Waals surface area (Å²) in [6.45, 7) is 2.96. The van der Waals surface area contributed by atoms with Gasteiger partial charge in [-0.1, -0.05) is 6.92 Å². The summed E-state index contributed by atoms with van der Waals surface area (Å²) >= 11 is 0. The van der Waals surface area contributed by atoms with E-state index in [-0.39, 0.29) is 0 Å². The van der Waals surface area contributed by atoms with Gasteiger partial charge in [-0.05, 0) is 50.1 Å². The molecule has 1 heterocycles. The van der Waals surface area contributed by atoms with Gasteiger partial charge in [0.1, 0.15) is 0 Å². The highest BCUT2D eigenvalue weighted by Gasteiger charge is 2.24. The number of fused-ring (bicyclic) bond motifs is 1. The van der Waals surface area contributed by atoms with E-state index in [0.717, 1.165) is 19.4 Å². The SMILES string of the molecule is CCc1n[nH]c2c1C(CCN)CCC2. The number of nitrogens with two attached hydrogens (primary N) is 1. The molecule has 1 aliphatic carbocycles. The number of hydrogen-bond donors (Lipinski definition) is 2. The molecule has 1 aliphatic rings. The lowest BCUT2D eigenvalue weighted by atomic mass is 9.83. The van der Waals surface area contributed by atoms with Gasteiger partial charge in [-0.15, -0.1) is 0 Å². The number of nitrogens with zero attached hydrogens (tertiary/aromatic N) is 1. The molecule has 0 fully saturated rings. The number of aromatic amines is 1. The normalized spacial score (nSPS) is 20.9. The molecule has 0 bridgehead atoms. The third-order valence-electron chi connectivity index (χ3n) is 3.20. The molecule has 1 aromatic rings. The Bertz CT molecular complexity index is 290. The highest BCUT2D eigenvalue weighted by atomic mass is 15.1. The Labute approximate surface area is 85.1 Å². The summed E-state index contributed by atoms with van der Waals surface area (Å²) in [7, 11) is 0. The molecule has 0 amide bonds. The lowest BCUT2D eigenvalue weighted by molar-refractivity contribution is 0.520. The van der Waals surface area contributed by atoms with Gasteiger partial charge in [0.25, 0.3) is 0 Å². The smallest absolute Gasteiger partial charge is 0.0657 e. The van der Waals surface area contributed by atoms with E-state index in [1.165, 1.54) is 36.2 Å². The van der Waals surface area contributed by atoms with Crippen LogP contribution in [0.25, 0.3) is 0 Å². The maximum absolute atomic E-state index is 5.65. The Morgan fingerprint density at radius 3 is 3.14 bits per heavy atom. The molecular formula is C11H19N3. The Balaban J connectivity index is 2.30. The first-order valence-corrected chi connectivity index (χ1v) is 5.62. The van der Waals surface area contributed by atoms with Gasteiger partial charge in [0.05, 0.1) is 5.69 Å². The quantitative estimate of drug-likeness (QED) is 0.768. The van der Waals surface area contributed by atoms with Crippen molar-refractivity contribution in [2.24, 2.45) is 5.73 Å². The van der Waals surface area contributed by atoms with E-state index in [1.54, 1.807) is 0 Å². The number of rotatable bonds is 3. The second kappa shape index (κ2) is 4.13. The van der Waals surface area contributed by atoms with Crippen molar-refractivity contribution in [1.29, 1.82) is 0 Å². The third kappa shape index (κ3) is 1.57. The van der Waals surface area contributed by atoms with Gasteiger partial charge < -0.3 is 5.73 Å². The molecule has 0 radical (unpaired) electrons. The van der Waals surface area contributed by atoms with E-state index < -0.39 is 0 Å². The van der Waals surface area contributed by atoms with Crippen LogP contribution in [0.15, 0.2) is 0 Å². The van der Waals surface area contributed by atoms with Crippen molar-refractivity contribution >= 4 is 0 Å². The third-order valence-corrected chi connectivity index (χ3v) is 3.20. The van der Waals surface area contributed by atoms with Crippen molar-refractivity contribution in [3.8, 4) is 0 Å². The van der Waals surface area contributed by atoms with Crippen LogP contribution in [-0.2, 0) is 12.8 Å². The first-order chi connectivity index (χ1) is 6.86. The first-order valence-electron chi connectivity index (χ1n) is 5.62. The largest absolute Gasteiger partial charge is 0.330 e. The van der Waals surface area contributed by atoms with Crippen molar-refractivity contribution < 1.29 is 0 Å². The molecule has 1 unspecified atom stereocenters. The van der Waals surface area contributed by atoms with Crippen molar-refractivity contribution in [2.75, 3.05) is 6.54 Å². The predicted molar refractivity (Wildman–Crippen MR) is 57.3 cm³/mol. The van der Waals surface area contributed by atoms with Crippen molar-refractivity contribution in [3.05, 3.63) is 17.0 Å². The zero-order valence-corrected chi connectivity index (χ0v) is 8.84. The summed E-state index contributed by atoms with van der Waals surface area (Å²) in [5, 5.41) is 7.56. The molecule has 3 nitrogen and oxygen atoms in total. The molecule has 0 saturated heterocycles. The molecule has 3 N–H and O–H groups in total. The number of nitrogens with one attached hydrogen (secondary N) is 1. The van der Waals surface area contributed by atoms with Gasteiger partial charge >= 0.3 is 0 Å². The second-order valence-electron chi connectivity index (χ2n) is 4.08. The van der Waals surface area contributed by atoms with Crippen LogP contribution in [0.4, 0.5) is 0 Å². The second-order valence-corrected chi connectivity index (χ2v) is 4.08. The van der Waals surface area contributed by atoms with E-state index in [0.29, 0.717) is 5.92 Å². The molecule has 0 aliphatic heterocycles. The molecule has 0 spiro atoms. The Hall–Kier alpha value is -0.830. The Morgan fingerprint density at radius 1 is 1.57 bits per heavy atom. The van der Waals surface area contributed by atoms with E-state index >= 15 is 0 Å². The van der Waals surface area contributed by atoms with Crippen LogP contribution >= 0.6 is 0 Å². The fraction of sp³-hybridized carbons (Fsp3) is 0.727. The van der Waals surface area contributed by atoms with Crippen LogP contribution in [0, 0.1) is 0 Å². The maximum Gasteiger partial charge on any atom is 0.0657 e. The summed E-state index contributed by atoms with van der Waals surface area (Å²) in [5.74, 6) is 0.664. The molecule has 14 heavy (non-hydrogen) atoms. The average molecular weight is 193 g/mol. The van der Waals surface area contributed by atoms with Gasteiger partial charge in [0.2, 0.25) is 0 Å². The van der Waals surface area contributed by atoms with Crippen LogP contribution in [-0.4, -0.2) is 16.7 Å². The average Bonchev–Trinajstić information content (AvgIpc) is 2.62. The number of hydrogen-bond acceptors (Lipinski definition) is 2. The predicted octanol–water partition coefficient (Wildman–Crippen LogP) is 1.74. The van der Waals surface area contributed by atoms with E-state index in [9.17, 15) is 0 Å². The standard InChI is InChI=1S/C11H19N3/c1-2-9-11-8(6-7-12)4-3-5-10(11)14-13-9/h8H,2-7,12H2,1H3,(H,13,14). The summed E-state index contributed by atoms with van der Waals surface area (Å²) in [6.07, 6.45) is 5.88. The molecule has 1 atom stereocenters. The Morgan fingerprint density at radius 2 is 2.43 bits per heavy atom. The highest BCUT2D eigenvalue weighted by molar-refractivity contribution is 5.31. The molecule has 3 heteroatoms. The van der Waals surface area contributed by atoms with E-state index in [1.807, 2.05) is 0 Å². The lowest BCUT2D eigenvalue weighted by Gasteiger charge is -2.22. The van der Waals surface area contributed by atoms with Gasteiger partial charge in [0.15, 0.2) is 0 Å². The summed E-state index contributed by atoms with van der Waals surface area (Å²) in [4.78, 5) is 0. The van der Waals surface area contributed by atoms with Gasteiger partial charge in [0, 0.05) is 5.69 Å². The van der Waals surface area contributed by atoms with Gasteiger partial charge in [-0.2, -0.15) is 5.10 Å². The van der Waals surface area contributed by atoms with Crippen LogP contribution < -0.4 is 5.73 Å². The van der Waals surface area contributed by atoms with E-state index in [2.05, 4.69) is 17.1 Å². The monoisotopic (exact) mass is 193 g/mol. The van der Waals surface area contributed by atoms with Crippen LogP contribution in [0.1, 0.15) is 49.1 Å². The van der Waals surface area contributed by atoms with E-state index in [4.69, 9.17) is 5.73 Å². The fourth-order valence-corrected chi connectivity index (χ4v) is 2.53. The summed E-state index contributed by atoms with van der Waals surface area (Å²) < 4.78 is 0. The molecule has 2 rings (SSSR count). The maximum atomic E-state index is 5.65. The number of aromatic nitrogens is 2. The van der Waals surface area contributed by atoms with Crippen LogP contribution in [0.2, 0.25) is 0 Å². The molecule has 78 valence electrons. The minimum absolute atomic E-state index is 0.664. The highest BCUT2D eigenvalue weighted by Crippen LogP contribution is 2.34. The molecule has 0 aromatic carbocycles. The Kier molecular flexibility index (Phi) is 2.87. The summed E-state index contributed by atoms with van der Waals surface area (Å²) in [6, 6.07) is 0. The zero-order valence-electron chi connectivity index (χ0n) is 8.84. The van der Waals surface area contributed by atoms with Crippen LogP contribution in [0.3, 0.4) is 0 Å². The zero-order chi connectivity index (χ0) is 9.97. The first kappa shape index (κ1) is 9.71. The van der Waals surface area contributed by atoms with Gasteiger partial charge in [-0.25, -0.2) is 0 Å².